The first-order chi connectivity index (χ1) is 18.4. The first-order valence-corrected chi connectivity index (χ1v) is 14.1. The molecule has 0 fully saturated rings. The number of rotatable bonds is 26. The zero-order valence-corrected chi connectivity index (χ0v) is 25.8. The fourth-order valence-corrected chi connectivity index (χ4v) is 3.07. The summed E-state index contributed by atoms with van der Waals surface area (Å²) in [5.41, 5.74) is 0. The van der Waals surface area contributed by atoms with Crippen LogP contribution in [0.1, 0.15) is 62.3 Å². The van der Waals surface area contributed by atoms with Crippen LogP contribution in [-0.4, -0.2) is 114 Å². The van der Waals surface area contributed by atoms with Crippen molar-refractivity contribution in [3.05, 3.63) is 12.7 Å². The van der Waals surface area contributed by atoms with Gasteiger partial charge in [-0.3, -0.25) is 4.79 Å². The SMILES string of the molecule is C=CCOCC(C)OCC(C)OCC(C)OCC(C)OCC(C)OCC(C)OCC(C)OCC(C)OC(C)=O. The van der Waals surface area contributed by atoms with Crippen molar-refractivity contribution in [2.75, 3.05) is 59.5 Å². The van der Waals surface area contributed by atoms with Crippen LogP contribution in [0.2, 0.25) is 0 Å². The number of hydrogen-bond donors (Lipinski definition) is 0. The van der Waals surface area contributed by atoms with E-state index < -0.39 is 0 Å². The van der Waals surface area contributed by atoms with Gasteiger partial charge < -0.3 is 42.6 Å². The molecule has 0 aromatic rings. The quantitative estimate of drug-likeness (QED) is 0.0871. The summed E-state index contributed by atoms with van der Waals surface area (Å²) in [5.74, 6) is -0.315. The average molecular weight is 565 g/mol. The molecule has 0 aliphatic rings. The van der Waals surface area contributed by atoms with Gasteiger partial charge in [0.25, 0.3) is 0 Å². The number of carbonyl (C=O) groups excluding carboxylic acids is 1. The van der Waals surface area contributed by atoms with Gasteiger partial charge in [0.2, 0.25) is 0 Å². The fourth-order valence-electron chi connectivity index (χ4n) is 3.07. The van der Waals surface area contributed by atoms with Crippen LogP contribution in [0.15, 0.2) is 12.7 Å². The summed E-state index contributed by atoms with van der Waals surface area (Å²) in [4.78, 5) is 10.9. The van der Waals surface area contributed by atoms with Crippen molar-refractivity contribution in [1.82, 2.24) is 0 Å². The molecule has 0 radical (unpaired) electrons. The van der Waals surface area contributed by atoms with Gasteiger partial charge in [-0.1, -0.05) is 6.08 Å². The maximum atomic E-state index is 10.9. The van der Waals surface area contributed by atoms with Gasteiger partial charge in [0.1, 0.15) is 6.10 Å². The van der Waals surface area contributed by atoms with Crippen LogP contribution in [0.3, 0.4) is 0 Å². The molecule has 0 heterocycles. The van der Waals surface area contributed by atoms with Crippen LogP contribution in [-0.2, 0) is 47.4 Å². The highest BCUT2D eigenvalue weighted by Crippen LogP contribution is 2.05. The highest BCUT2D eigenvalue weighted by atomic mass is 16.6. The predicted octanol–water partition coefficient (Wildman–Crippen LogP) is 3.98. The summed E-state index contributed by atoms with van der Waals surface area (Å²) in [6.45, 7) is 24.7. The molecule has 0 spiro atoms. The van der Waals surface area contributed by atoms with E-state index in [1.54, 1.807) is 13.0 Å². The van der Waals surface area contributed by atoms with Crippen molar-refractivity contribution in [2.24, 2.45) is 0 Å². The van der Waals surface area contributed by atoms with Crippen LogP contribution in [0.25, 0.3) is 0 Å². The fraction of sp³-hybridized carbons (Fsp3) is 0.897. The van der Waals surface area contributed by atoms with Gasteiger partial charge in [-0.05, 0) is 55.4 Å². The molecule has 0 saturated carbocycles. The molecular formula is C29H56O10. The van der Waals surface area contributed by atoms with Gasteiger partial charge in [0.05, 0.1) is 102 Å². The lowest BCUT2D eigenvalue weighted by Gasteiger charge is -2.23. The van der Waals surface area contributed by atoms with E-state index in [9.17, 15) is 4.79 Å². The van der Waals surface area contributed by atoms with Gasteiger partial charge in [-0.25, -0.2) is 0 Å². The molecule has 0 saturated heterocycles. The van der Waals surface area contributed by atoms with Gasteiger partial charge >= 0.3 is 5.97 Å². The van der Waals surface area contributed by atoms with Gasteiger partial charge in [0.15, 0.2) is 0 Å². The van der Waals surface area contributed by atoms with Gasteiger partial charge in [0, 0.05) is 6.92 Å². The highest BCUT2D eigenvalue weighted by Gasteiger charge is 2.15. The summed E-state index contributed by atoms with van der Waals surface area (Å²) in [6, 6.07) is 0. The second-order valence-electron chi connectivity index (χ2n) is 10.3. The normalized spacial score (nSPS) is 18.0. The van der Waals surface area contributed by atoms with E-state index in [-0.39, 0.29) is 54.8 Å². The first kappa shape index (κ1) is 37.9. The molecule has 0 aliphatic heterocycles. The lowest BCUT2D eigenvalue weighted by molar-refractivity contribution is -0.150. The Morgan fingerprint density at radius 2 is 0.769 bits per heavy atom. The van der Waals surface area contributed by atoms with Crippen molar-refractivity contribution in [3.8, 4) is 0 Å². The van der Waals surface area contributed by atoms with Crippen LogP contribution in [0.4, 0.5) is 0 Å². The van der Waals surface area contributed by atoms with E-state index >= 15 is 0 Å². The summed E-state index contributed by atoms with van der Waals surface area (Å²) >= 11 is 0. The molecule has 0 N–H and O–H groups in total. The summed E-state index contributed by atoms with van der Waals surface area (Å²) in [5, 5.41) is 0. The smallest absolute Gasteiger partial charge is 0.302 e. The molecule has 0 amide bonds. The summed E-state index contributed by atoms with van der Waals surface area (Å²) in [7, 11) is 0. The summed E-state index contributed by atoms with van der Waals surface area (Å²) < 4.78 is 51.0. The van der Waals surface area contributed by atoms with E-state index in [0.717, 1.165) is 0 Å². The van der Waals surface area contributed by atoms with Crippen molar-refractivity contribution >= 4 is 5.97 Å². The van der Waals surface area contributed by atoms with Crippen molar-refractivity contribution < 1.29 is 47.4 Å². The molecule has 0 aliphatic carbocycles. The second-order valence-corrected chi connectivity index (χ2v) is 10.3. The number of carbonyl (C=O) groups is 1. The Labute approximate surface area is 236 Å². The molecule has 10 nitrogen and oxygen atoms in total. The molecular weight excluding hydrogens is 508 g/mol. The Bertz CT molecular complexity index is 605. The molecule has 10 heteroatoms. The third-order valence-electron chi connectivity index (χ3n) is 5.26. The molecule has 0 aromatic carbocycles. The number of hydrogen-bond acceptors (Lipinski definition) is 10. The Hall–Kier alpha value is -1.11. The zero-order valence-electron chi connectivity index (χ0n) is 25.8. The second kappa shape index (κ2) is 23.6. The Kier molecular flexibility index (Phi) is 22.9. The van der Waals surface area contributed by atoms with Crippen molar-refractivity contribution in [1.29, 1.82) is 0 Å². The highest BCUT2D eigenvalue weighted by molar-refractivity contribution is 5.66. The lowest BCUT2D eigenvalue weighted by atomic mass is 10.3. The molecule has 39 heavy (non-hydrogen) atoms. The van der Waals surface area contributed by atoms with E-state index in [2.05, 4.69) is 6.58 Å². The molecule has 0 rings (SSSR count). The van der Waals surface area contributed by atoms with E-state index in [4.69, 9.17) is 42.6 Å². The van der Waals surface area contributed by atoms with Crippen molar-refractivity contribution in [3.63, 3.8) is 0 Å². The van der Waals surface area contributed by atoms with E-state index in [1.165, 1.54) is 6.92 Å². The minimum Gasteiger partial charge on any atom is -0.460 e. The van der Waals surface area contributed by atoms with Gasteiger partial charge in [-0.2, -0.15) is 0 Å². The van der Waals surface area contributed by atoms with Crippen LogP contribution >= 0.6 is 0 Å². The Morgan fingerprint density at radius 1 is 0.513 bits per heavy atom. The molecule has 8 atom stereocenters. The largest absolute Gasteiger partial charge is 0.460 e. The standard InChI is InChI=1S/C29H56O10/c1-11-12-31-13-21(2)32-14-22(3)33-15-23(4)34-16-24(5)35-17-25(6)36-18-26(7)37-19-27(8)38-20-28(9)39-29(10)30/h11,21-28H,1,12-20H2,2-10H3. The van der Waals surface area contributed by atoms with Gasteiger partial charge in [-0.15, -0.1) is 6.58 Å². The number of ether oxygens (including phenoxy) is 9. The minimum absolute atomic E-state index is 0.00279. The topological polar surface area (TPSA) is 100 Å². The number of esters is 1. The zero-order chi connectivity index (χ0) is 29.6. The first-order valence-electron chi connectivity index (χ1n) is 14.1. The third-order valence-corrected chi connectivity index (χ3v) is 5.26. The maximum Gasteiger partial charge on any atom is 0.302 e. The molecule has 232 valence electrons. The van der Waals surface area contributed by atoms with Crippen LogP contribution < -0.4 is 0 Å². The molecule has 0 bridgehead atoms. The van der Waals surface area contributed by atoms with E-state index in [1.807, 2.05) is 48.5 Å². The molecule has 0 aromatic heterocycles. The predicted molar refractivity (Wildman–Crippen MR) is 150 cm³/mol. The van der Waals surface area contributed by atoms with Crippen LogP contribution in [0, 0.1) is 0 Å². The monoisotopic (exact) mass is 564 g/mol. The third kappa shape index (κ3) is 24.4. The average Bonchev–Trinajstić information content (AvgIpc) is 2.88. The van der Waals surface area contributed by atoms with Crippen molar-refractivity contribution in [2.45, 2.75) is 111 Å². The van der Waals surface area contributed by atoms with Crippen LogP contribution in [0.5, 0.6) is 0 Å². The van der Waals surface area contributed by atoms with E-state index in [0.29, 0.717) is 59.5 Å². The maximum absolute atomic E-state index is 10.9. The Morgan fingerprint density at radius 3 is 1.03 bits per heavy atom. The molecule has 8 unspecified atom stereocenters. The minimum atomic E-state index is -0.315. The summed E-state index contributed by atoms with van der Waals surface area (Å²) in [6.07, 6.45) is 0.977. The lowest BCUT2D eigenvalue weighted by Crippen LogP contribution is -2.30. The Balaban J connectivity index is 3.87.